The Morgan fingerprint density at radius 1 is 1.17 bits per heavy atom. The Hall–Kier alpha value is -2.09. The molecule has 0 aliphatic carbocycles. The summed E-state index contributed by atoms with van der Waals surface area (Å²) in [5, 5.41) is 8.89. The molecule has 134 valence electrons. The number of carbonyl (C=O) groups excluding carboxylic acids is 1. The van der Waals surface area contributed by atoms with Gasteiger partial charge in [0.05, 0.1) is 23.7 Å². The highest BCUT2D eigenvalue weighted by atomic mass is 32.2. The van der Waals surface area contributed by atoms with E-state index in [0.717, 1.165) is 0 Å². The van der Waals surface area contributed by atoms with Gasteiger partial charge in [0.25, 0.3) is 0 Å². The SMILES string of the molecule is COc1ccc(S(=O)(=O)CC(C)C(=O)N(C)CC(C)C(=O)O)cc1. The first-order chi connectivity index (χ1) is 11.1. The van der Waals surface area contributed by atoms with Gasteiger partial charge in [-0.15, -0.1) is 0 Å². The quantitative estimate of drug-likeness (QED) is 0.752. The van der Waals surface area contributed by atoms with Gasteiger partial charge in [-0.3, -0.25) is 9.59 Å². The number of carboxylic acids is 1. The second-order valence-electron chi connectivity index (χ2n) is 5.82. The van der Waals surface area contributed by atoms with E-state index >= 15 is 0 Å². The third-order valence-corrected chi connectivity index (χ3v) is 5.58. The number of sulfone groups is 1. The fourth-order valence-corrected chi connectivity index (χ4v) is 3.78. The maximum atomic E-state index is 12.4. The van der Waals surface area contributed by atoms with Gasteiger partial charge in [0.2, 0.25) is 5.91 Å². The van der Waals surface area contributed by atoms with Gasteiger partial charge in [-0.05, 0) is 24.3 Å². The van der Waals surface area contributed by atoms with Crippen LogP contribution in [-0.4, -0.2) is 56.8 Å². The van der Waals surface area contributed by atoms with Crippen LogP contribution in [0.15, 0.2) is 29.2 Å². The van der Waals surface area contributed by atoms with E-state index in [9.17, 15) is 18.0 Å². The van der Waals surface area contributed by atoms with Gasteiger partial charge in [-0.1, -0.05) is 13.8 Å². The molecule has 0 aliphatic rings. The minimum atomic E-state index is -3.63. The number of aliphatic carboxylic acids is 1. The molecule has 7 nitrogen and oxygen atoms in total. The number of carboxylic acid groups (broad SMARTS) is 1. The van der Waals surface area contributed by atoms with E-state index in [0.29, 0.717) is 5.75 Å². The monoisotopic (exact) mass is 357 g/mol. The minimum Gasteiger partial charge on any atom is -0.497 e. The highest BCUT2D eigenvalue weighted by Gasteiger charge is 2.27. The predicted octanol–water partition coefficient (Wildman–Crippen LogP) is 1.28. The summed E-state index contributed by atoms with van der Waals surface area (Å²) in [6.07, 6.45) is 0. The lowest BCUT2D eigenvalue weighted by Gasteiger charge is -2.23. The Labute approximate surface area is 142 Å². The smallest absolute Gasteiger partial charge is 0.308 e. The summed E-state index contributed by atoms with van der Waals surface area (Å²) in [6.45, 7) is 3.04. The standard InChI is InChI=1S/C16H23NO6S/c1-11(16(19)20)9-17(3)15(18)12(2)10-24(21,22)14-7-5-13(23-4)6-8-14/h5-8,11-12H,9-10H2,1-4H3,(H,19,20). The van der Waals surface area contributed by atoms with Crippen molar-refractivity contribution in [1.29, 1.82) is 0 Å². The van der Waals surface area contributed by atoms with Crippen LogP contribution in [0.25, 0.3) is 0 Å². The Morgan fingerprint density at radius 2 is 1.71 bits per heavy atom. The molecule has 1 amide bonds. The summed E-state index contributed by atoms with van der Waals surface area (Å²) in [6, 6.07) is 5.95. The number of nitrogens with zero attached hydrogens (tertiary/aromatic N) is 1. The van der Waals surface area contributed by atoms with Crippen LogP contribution in [0.1, 0.15) is 13.8 Å². The van der Waals surface area contributed by atoms with E-state index < -0.39 is 33.5 Å². The largest absolute Gasteiger partial charge is 0.497 e. The van der Waals surface area contributed by atoms with Crippen LogP contribution in [0.2, 0.25) is 0 Å². The molecule has 24 heavy (non-hydrogen) atoms. The number of methoxy groups -OCH3 is 1. The minimum absolute atomic E-state index is 0.0289. The molecule has 1 aromatic carbocycles. The number of amides is 1. The summed E-state index contributed by atoms with van der Waals surface area (Å²) in [5.74, 6) is -2.70. The summed E-state index contributed by atoms with van der Waals surface area (Å²) in [7, 11) is -0.672. The van der Waals surface area contributed by atoms with Gasteiger partial charge in [-0.25, -0.2) is 8.42 Å². The molecule has 2 atom stereocenters. The van der Waals surface area contributed by atoms with Crippen LogP contribution in [-0.2, 0) is 19.4 Å². The fourth-order valence-electron chi connectivity index (χ4n) is 2.23. The number of hydrogen-bond donors (Lipinski definition) is 1. The van der Waals surface area contributed by atoms with E-state index in [4.69, 9.17) is 9.84 Å². The van der Waals surface area contributed by atoms with Crippen molar-refractivity contribution in [3.63, 3.8) is 0 Å². The molecule has 0 aromatic heterocycles. The molecule has 2 unspecified atom stereocenters. The summed E-state index contributed by atoms with van der Waals surface area (Å²) in [4.78, 5) is 24.5. The zero-order valence-electron chi connectivity index (χ0n) is 14.2. The zero-order chi connectivity index (χ0) is 18.5. The normalized spacial score (nSPS) is 13.8. The Balaban J connectivity index is 2.78. The van der Waals surface area contributed by atoms with Crippen molar-refractivity contribution in [3.8, 4) is 5.75 Å². The van der Waals surface area contributed by atoms with Gasteiger partial charge in [-0.2, -0.15) is 0 Å². The van der Waals surface area contributed by atoms with Gasteiger partial charge in [0, 0.05) is 19.5 Å². The Kier molecular flexibility index (Phi) is 6.77. The van der Waals surface area contributed by atoms with E-state index in [-0.39, 0.29) is 17.2 Å². The van der Waals surface area contributed by atoms with Crippen molar-refractivity contribution in [2.24, 2.45) is 11.8 Å². The molecule has 8 heteroatoms. The zero-order valence-corrected chi connectivity index (χ0v) is 15.0. The molecule has 0 spiro atoms. The van der Waals surface area contributed by atoms with Crippen molar-refractivity contribution in [3.05, 3.63) is 24.3 Å². The van der Waals surface area contributed by atoms with Gasteiger partial charge in [0.1, 0.15) is 5.75 Å². The molecule has 1 aromatic rings. The highest BCUT2D eigenvalue weighted by molar-refractivity contribution is 7.91. The molecular formula is C16H23NO6S. The molecule has 1 N–H and O–H groups in total. The highest BCUT2D eigenvalue weighted by Crippen LogP contribution is 2.19. The lowest BCUT2D eigenvalue weighted by Crippen LogP contribution is -2.38. The maximum absolute atomic E-state index is 12.4. The van der Waals surface area contributed by atoms with Gasteiger partial charge in [0.15, 0.2) is 9.84 Å². The predicted molar refractivity (Wildman–Crippen MR) is 88.6 cm³/mol. The first kappa shape index (κ1) is 20.0. The van der Waals surface area contributed by atoms with Crippen molar-refractivity contribution in [2.45, 2.75) is 18.7 Å². The third kappa shape index (κ3) is 5.23. The Morgan fingerprint density at radius 3 is 2.17 bits per heavy atom. The van der Waals surface area contributed by atoms with Crippen molar-refractivity contribution >= 4 is 21.7 Å². The molecule has 1 rings (SSSR count). The van der Waals surface area contributed by atoms with E-state index in [1.165, 1.54) is 45.0 Å². The number of ether oxygens (including phenoxy) is 1. The molecule has 0 radical (unpaired) electrons. The molecule has 0 saturated carbocycles. The van der Waals surface area contributed by atoms with E-state index in [1.807, 2.05) is 0 Å². The topological polar surface area (TPSA) is 101 Å². The number of benzene rings is 1. The molecule has 0 fully saturated rings. The van der Waals surface area contributed by atoms with Crippen molar-refractivity contribution in [1.82, 2.24) is 4.90 Å². The molecular weight excluding hydrogens is 334 g/mol. The van der Waals surface area contributed by atoms with Crippen LogP contribution in [0.5, 0.6) is 5.75 Å². The number of hydrogen-bond acceptors (Lipinski definition) is 5. The second kappa shape index (κ2) is 8.14. The first-order valence-electron chi connectivity index (χ1n) is 7.43. The summed E-state index contributed by atoms with van der Waals surface area (Å²) < 4.78 is 29.8. The first-order valence-corrected chi connectivity index (χ1v) is 9.08. The molecule has 0 heterocycles. The van der Waals surface area contributed by atoms with Crippen molar-refractivity contribution < 1.29 is 27.9 Å². The van der Waals surface area contributed by atoms with Crippen LogP contribution in [0.3, 0.4) is 0 Å². The van der Waals surface area contributed by atoms with Crippen molar-refractivity contribution in [2.75, 3.05) is 26.5 Å². The molecule has 0 saturated heterocycles. The average Bonchev–Trinajstić information content (AvgIpc) is 2.53. The summed E-state index contributed by atoms with van der Waals surface area (Å²) in [5.41, 5.74) is 0. The number of carbonyl (C=O) groups is 2. The molecule has 0 bridgehead atoms. The average molecular weight is 357 g/mol. The third-order valence-electron chi connectivity index (χ3n) is 3.66. The Bertz CT molecular complexity index is 683. The lowest BCUT2D eigenvalue weighted by molar-refractivity contribution is -0.143. The molecule has 0 aliphatic heterocycles. The fraction of sp³-hybridized carbons (Fsp3) is 0.500. The van der Waals surface area contributed by atoms with E-state index in [1.54, 1.807) is 12.1 Å². The lowest BCUT2D eigenvalue weighted by atomic mass is 10.1. The van der Waals surface area contributed by atoms with E-state index in [2.05, 4.69) is 0 Å². The van der Waals surface area contributed by atoms with Gasteiger partial charge >= 0.3 is 5.97 Å². The van der Waals surface area contributed by atoms with Crippen LogP contribution in [0, 0.1) is 11.8 Å². The van der Waals surface area contributed by atoms with Crippen LogP contribution >= 0.6 is 0 Å². The second-order valence-corrected chi connectivity index (χ2v) is 7.85. The van der Waals surface area contributed by atoms with Crippen LogP contribution < -0.4 is 4.74 Å². The maximum Gasteiger partial charge on any atom is 0.308 e. The van der Waals surface area contributed by atoms with Crippen LogP contribution in [0.4, 0.5) is 0 Å². The number of rotatable bonds is 8. The summed E-state index contributed by atoms with van der Waals surface area (Å²) >= 11 is 0. The van der Waals surface area contributed by atoms with Gasteiger partial charge < -0.3 is 14.7 Å².